The summed E-state index contributed by atoms with van der Waals surface area (Å²) in [4.78, 5) is 0. The van der Waals surface area contributed by atoms with Gasteiger partial charge in [0, 0.05) is 10.5 Å². The van der Waals surface area contributed by atoms with Crippen molar-refractivity contribution in [2.24, 2.45) is 23.7 Å². The van der Waals surface area contributed by atoms with Crippen LogP contribution in [0.3, 0.4) is 0 Å². The van der Waals surface area contributed by atoms with Crippen LogP contribution < -0.4 is 0 Å². The highest BCUT2D eigenvalue weighted by molar-refractivity contribution is 9.11. The Morgan fingerprint density at radius 3 is 2.62 bits per heavy atom. The van der Waals surface area contributed by atoms with Crippen LogP contribution in [0.5, 0.6) is 0 Å². The third-order valence-electron chi connectivity index (χ3n) is 4.07. The van der Waals surface area contributed by atoms with Gasteiger partial charge in [-0.1, -0.05) is 35.4 Å². The van der Waals surface area contributed by atoms with E-state index in [1.165, 1.54) is 6.42 Å². The molecule has 3 fully saturated rings. The molecule has 74 valence electrons. The van der Waals surface area contributed by atoms with Crippen LogP contribution in [0.2, 0.25) is 0 Å². The average Bonchev–Trinajstić information content (AvgIpc) is 2.75. The van der Waals surface area contributed by atoms with Crippen molar-refractivity contribution in [1.29, 1.82) is 0 Å². The van der Waals surface area contributed by atoms with Crippen LogP contribution in [0, 0.1) is 23.7 Å². The SMILES string of the molecule is CC(C)C1CC2CC1C1SSSC21. The predicted octanol–water partition coefficient (Wildman–Crippen LogP) is 4.08. The molecule has 5 atom stereocenters. The van der Waals surface area contributed by atoms with E-state index in [4.69, 9.17) is 0 Å². The van der Waals surface area contributed by atoms with Crippen LogP contribution >= 0.6 is 31.4 Å². The van der Waals surface area contributed by atoms with E-state index < -0.39 is 0 Å². The fourth-order valence-electron chi connectivity index (χ4n) is 3.44. The zero-order valence-electron chi connectivity index (χ0n) is 8.10. The number of hydrogen-bond donors (Lipinski definition) is 0. The molecule has 1 heterocycles. The molecule has 3 rings (SSSR count). The van der Waals surface area contributed by atoms with Gasteiger partial charge in [0.05, 0.1) is 0 Å². The van der Waals surface area contributed by atoms with E-state index in [1.807, 2.05) is 0 Å². The molecule has 5 unspecified atom stereocenters. The summed E-state index contributed by atoms with van der Waals surface area (Å²) in [7, 11) is 6.41. The summed E-state index contributed by atoms with van der Waals surface area (Å²) in [5.41, 5.74) is 0. The van der Waals surface area contributed by atoms with Gasteiger partial charge in [-0.05, 0) is 46.3 Å². The number of hydrogen-bond acceptors (Lipinski definition) is 3. The summed E-state index contributed by atoms with van der Waals surface area (Å²) in [5, 5.41) is 2.04. The third-order valence-corrected chi connectivity index (χ3v) is 9.38. The Morgan fingerprint density at radius 2 is 1.85 bits per heavy atom. The largest absolute Gasteiger partial charge is 0.0776 e. The Bertz CT molecular complexity index is 214. The molecule has 0 radical (unpaired) electrons. The smallest absolute Gasteiger partial charge is 0.0321 e. The molecule has 2 saturated carbocycles. The second-order valence-corrected chi connectivity index (χ2v) is 9.39. The minimum absolute atomic E-state index is 0.923. The maximum atomic E-state index is 2.42. The molecule has 0 spiro atoms. The topological polar surface area (TPSA) is 0 Å². The Kier molecular flexibility index (Phi) is 2.34. The van der Waals surface area contributed by atoms with Crippen LogP contribution in [0.4, 0.5) is 0 Å². The van der Waals surface area contributed by atoms with Crippen molar-refractivity contribution < 1.29 is 0 Å². The molecule has 1 saturated heterocycles. The van der Waals surface area contributed by atoms with E-state index in [0.717, 1.165) is 34.2 Å². The molecule has 2 aliphatic carbocycles. The van der Waals surface area contributed by atoms with Crippen molar-refractivity contribution in [2.45, 2.75) is 37.2 Å². The molecule has 0 aromatic heterocycles. The van der Waals surface area contributed by atoms with Gasteiger partial charge in [0.2, 0.25) is 0 Å². The van der Waals surface area contributed by atoms with Gasteiger partial charge in [-0.25, -0.2) is 0 Å². The standard InChI is InChI=1S/C10H16S3/c1-5(2)7-3-6-4-8(7)10-9(6)11-13-12-10/h5-10H,3-4H2,1-2H3. The molecule has 0 N–H and O–H groups in total. The lowest BCUT2D eigenvalue weighted by Gasteiger charge is -2.31. The first kappa shape index (κ1) is 9.29. The van der Waals surface area contributed by atoms with Crippen LogP contribution in [0.15, 0.2) is 0 Å². The first-order valence-corrected chi connectivity index (χ1v) is 8.87. The molecule has 0 aromatic rings. The van der Waals surface area contributed by atoms with Crippen molar-refractivity contribution in [2.75, 3.05) is 0 Å². The lowest BCUT2D eigenvalue weighted by molar-refractivity contribution is 0.267. The van der Waals surface area contributed by atoms with Crippen molar-refractivity contribution >= 4 is 31.4 Å². The van der Waals surface area contributed by atoms with Gasteiger partial charge < -0.3 is 0 Å². The lowest BCUT2D eigenvalue weighted by Crippen LogP contribution is -2.31. The van der Waals surface area contributed by atoms with Crippen molar-refractivity contribution in [3.05, 3.63) is 0 Å². The fourth-order valence-corrected chi connectivity index (χ4v) is 10.2. The third kappa shape index (κ3) is 1.30. The van der Waals surface area contributed by atoms with Crippen molar-refractivity contribution in [3.8, 4) is 0 Å². The molecule has 0 nitrogen and oxygen atoms in total. The van der Waals surface area contributed by atoms with Gasteiger partial charge in [-0.15, -0.1) is 0 Å². The molecule has 2 bridgehead atoms. The first-order chi connectivity index (χ1) is 6.27. The van der Waals surface area contributed by atoms with Gasteiger partial charge in [0.25, 0.3) is 0 Å². The van der Waals surface area contributed by atoms with Crippen LogP contribution in [0.1, 0.15) is 26.7 Å². The van der Waals surface area contributed by atoms with Gasteiger partial charge in [-0.2, -0.15) is 0 Å². The Balaban J connectivity index is 1.82. The second-order valence-electron chi connectivity index (χ2n) is 4.99. The van der Waals surface area contributed by atoms with E-state index in [9.17, 15) is 0 Å². The van der Waals surface area contributed by atoms with Crippen molar-refractivity contribution in [1.82, 2.24) is 0 Å². The van der Waals surface area contributed by atoms with E-state index in [0.29, 0.717) is 0 Å². The summed E-state index contributed by atoms with van der Waals surface area (Å²) in [6.07, 6.45) is 3.09. The molecule has 0 aromatic carbocycles. The van der Waals surface area contributed by atoms with Crippen LogP contribution in [-0.2, 0) is 0 Å². The normalized spacial score (nSPS) is 53.3. The van der Waals surface area contributed by atoms with E-state index in [-0.39, 0.29) is 0 Å². The predicted molar refractivity (Wildman–Crippen MR) is 64.9 cm³/mol. The Labute approximate surface area is 92.2 Å². The molecular weight excluding hydrogens is 216 g/mol. The maximum absolute atomic E-state index is 2.42. The number of rotatable bonds is 1. The van der Waals surface area contributed by atoms with Gasteiger partial charge >= 0.3 is 0 Å². The van der Waals surface area contributed by atoms with Gasteiger partial charge in [-0.3, -0.25) is 0 Å². The number of fused-ring (bicyclic) bond motifs is 5. The average molecular weight is 232 g/mol. The second kappa shape index (κ2) is 3.28. The van der Waals surface area contributed by atoms with Gasteiger partial charge in [0.1, 0.15) is 0 Å². The molecule has 3 aliphatic rings. The minimum atomic E-state index is 0.923. The molecule has 13 heavy (non-hydrogen) atoms. The maximum Gasteiger partial charge on any atom is 0.0321 e. The van der Waals surface area contributed by atoms with Crippen LogP contribution in [-0.4, -0.2) is 10.5 Å². The summed E-state index contributed by atoms with van der Waals surface area (Å²) < 4.78 is 0. The molecule has 1 aliphatic heterocycles. The van der Waals surface area contributed by atoms with Gasteiger partial charge in [0.15, 0.2) is 0 Å². The molecule has 0 amide bonds. The monoisotopic (exact) mass is 232 g/mol. The Hall–Kier alpha value is 1.05. The highest BCUT2D eigenvalue weighted by Crippen LogP contribution is 2.67. The summed E-state index contributed by atoms with van der Waals surface area (Å²) in [6.45, 7) is 4.83. The summed E-state index contributed by atoms with van der Waals surface area (Å²) >= 11 is 0. The lowest BCUT2D eigenvalue weighted by atomic mass is 9.80. The van der Waals surface area contributed by atoms with E-state index >= 15 is 0 Å². The highest BCUT2D eigenvalue weighted by Gasteiger charge is 2.56. The zero-order valence-corrected chi connectivity index (χ0v) is 10.6. The highest BCUT2D eigenvalue weighted by atomic mass is 33.5. The minimum Gasteiger partial charge on any atom is -0.0776 e. The fraction of sp³-hybridized carbons (Fsp3) is 1.00. The first-order valence-electron chi connectivity index (χ1n) is 5.26. The quantitative estimate of drug-likeness (QED) is 0.625. The Morgan fingerprint density at radius 1 is 1.08 bits per heavy atom. The summed E-state index contributed by atoms with van der Waals surface area (Å²) in [5.74, 6) is 4.13. The zero-order chi connectivity index (χ0) is 9.00. The molecule has 3 heteroatoms. The van der Waals surface area contributed by atoms with E-state index in [1.54, 1.807) is 6.42 Å². The molecular formula is C10H16S3. The summed E-state index contributed by atoms with van der Waals surface area (Å²) in [6, 6.07) is 0. The van der Waals surface area contributed by atoms with E-state index in [2.05, 4.69) is 45.3 Å². The van der Waals surface area contributed by atoms with Crippen LogP contribution in [0.25, 0.3) is 0 Å². The van der Waals surface area contributed by atoms with Crippen molar-refractivity contribution in [3.63, 3.8) is 0 Å².